The number of methoxy groups -OCH3 is 1. The number of rotatable bonds is 4. The first-order valence-electron chi connectivity index (χ1n) is 6.71. The van der Waals surface area contributed by atoms with Gasteiger partial charge < -0.3 is 14.8 Å². The Morgan fingerprint density at radius 1 is 1.32 bits per heavy atom. The minimum atomic E-state index is -0.744. The molecule has 0 saturated carbocycles. The van der Waals surface area contributed by atoms with Gasteiger partial charge in [-0.3, -0.25) is 4.79 Å². The van der Waals surface area contributed by atoms with E-state index < -0.39 is 5.60 Å². The number of nitrogens with one attached hydrogen (secondary N) is 1. The van der Waals surface area contributed by atoms with Gasteiger partial charge in [-0.05, 0) is 36.6 Å². The summed E-state index contributed by atoms with van der Waals surface area (Å²) in [5, 5.41) is 2.93. The molecular formula is C15H21NO3. The highest BCUT2D eigenvalue weighted by atomic mass is 16.5. The summed E-state index contributed by atoms with van der Waals surface area (Å²) in [5.74, 6) is 1.89. The molecule has 0 aliphatic carbocycles. The molecule has 1 fully saturated rings. The van der Waals surface area contributed by atoms with E-state index in [9.17, 15) is 4.79 Å². The molecule has 2 rings (SSSR count). The number of hydrogen-bond acceptors (Lipinski definition) is 3. The molecule has 1 aliphatic heterocycles. The molecule has 1 N–H and O–H groups in total. The van der Waals surface area contributed by atoms with Crippen LogP contribution in [0.3, 0.4) is 0 Å². The lowest BCUT2D eigenvalue weighted by Crippen LogP contribution is -2.57. The standard InChI is InChI=1S/C15H21NO3/c1-4-15(9-11(2)10-16-14(15)17)19-13-7-5-12(18-3)6-8-13/h5-8,11H,4,9-10H2,1-3H3,(H,16,17). The molecule has 1 aliphatic rings. The molecule has 1 aromatic rings. The highest BCUT2D eigenvalue weighted by Crippen LogP contribution is 2.31. The average Bonchev–Trinajstić information content (AvgIpc) is 2.43. The molecule has 0 radical (unpaired) electrons. The van der Waals surface area contributed by atoms with Crippen LogP contribution in [-0.2, 0) is 4.79 Å². The molecule has 1 saturated heterocycles. The molecule has 4 nitrogen and oxygen atoms in total. The zero-order valence-electron chi connectivity index (χ0n) is 11.7. The summed E-state index contributed by atoms with van der Waals surface area (Å²) in [4.78, 5) is 12.2. The SMILES string of the molecule is CCC1(Oc2ccc(OC)cc2)CC(C)CNC1=O. The maximum atomic E-state index is 12.2. The summed E-state index contributed by atoms with van der Waals surface area (Å²) in [7, 11) is 1.62. The van der Waals surface area contributed by atoms with E-state index >= 15 is 0 Å². The van der Waals surface area contributed by atoms with Crippen LogP contribution in [0.15, 0.2) is 24.3 Å². The second kappa shape index (κ2) is 5.51. The Balaban J connectivity index is 2.18. The topological polar surface area (TPSA) is 47.6 Å². The third-order valence-electron chi connectivity index (χ3n) is 3.65. The van der Waals surface area contributed by atoms with Crippen LogP contribution in [0.2, 0.25) is 0 Å². The fraction of sp³-hybridized carbons (Fsp3) is 0.533. The van der Waals surface area contributed by atoms with Gasteiger partial charge in [-0.1, -0.05) is 13.8 Å². The van der Waals surface area contributed by atoms with Crippen molar-refractivity contribution in [2.24, 2.45) is 5.92 Å². The van der Waals surface area contributed by atoms with Crippen LogP contribution in [0.5, 0.6) is 11.5 Å². The van der Waals surface area contributed by atoms with Gasteiger partial charge in [0.1, 0.15) is 11.5 Å². The summed E-state index contributed by atoms with van der Waals surface area (Å²) < 4.78 is 11.1. The first-order chi connectivity index (χ1) is 9.09. The molecule has 2 atom stereocenters. The molecule has 2 unspecified atom stereocenters. The smallest absolute Gasteiger partial charge is 0.264 e. The van der Waals surface area contributed by atoms with E-state index in [4.69, 9.17) is 9.47 Å². The van der Waals surface area contributed by atoms with E-state index in [1.807, 2.05) is 31.2 Å². The molecule has 0 aromatic heterocycles. The Morgan fingerprint density at radius 3 is 2.53 bits per heavy atom. The maximum Gasteiger partial charge on any atom is 0.264 e. The van der Waals surface area contributed by atoms with Crippen LogP contribution < -0.4 is 14.8 Å². The predicted octanol–water partition coefficient (Wildman–Crippen LogP) is 2.38. The predicted molar refractivity (Wildman–Crippen MR) is 73.4 cm³/mol. The first kappa shape index (κ1) is 13.7. The van der Waals surface area contributed by atoms with E-state index in [1.165, 1.54) is 0 Å². The third-order valence-corrected chi connectivity index (χ3v) is 3.65. The largest absolute Gasteiger partial charge is 0.497 e. The van der Waals surface area contributed by atoms with Gasteiger partial charge in [0.25, 0.3) is 5.91 Å². The van der Waals surface area contributed by atoms with Gasteiger partial charge in [-0.2, -0.15) is 0 Å². The molecule has 19 heavy (non-hydrogen) atoms. The molecule has 1 aromatic carbocycles. The highest BCUT2D eigenvalue weighted by Gasteiger charge is 2.43. The lowest BCUT2D eigenvalue weighted by atomic mass is 9.84. The molecule has 1 heterocycles. The van der Waals surface area contributed by atoms with Crippen molar-refractivity contribution in [3.05, 3.63) is 24.3 Å². The Morgan fingerprint density at radius 2 is 1.95 bits per heavy atom. The highest BCUT2D eigenvalue weighted by molar-refractivity contribution is 5.86. The normalized spacial score (nSPS) is 26.7. The van der Waals surface area contributed by atoms with Gasteiger partial charge in [0.2, 0.25) is 0 Å². The van der Waals surface area contributed by atoms with Crippen molar-refractivity contribution in [3.8, 4) is 11.5 Å². The van der Waals surface area contributed by atoms with Gasteiger partial charge >= 0.3 is 0 Å². The number of ether oxygens (including phenoxy) is 2. The van der Waals surface area contributed by atoms with E-state index in [0.29, 0.717) is 18.1 Å². The molecule has 1 amide bonds. The number of carbonyl (C=O) groups excluding carboxylic acids is 1. The van der Waals surface area contributed by atoms with E-state index in [0.717, 1.165) is 18.7 Å². The van der Waals surface area contributed by atoms with Crippen LogP contribution in [-0.4, -0.2) is 25.2 Å². The van der Waals surface area contributed by atoms with E-state index in [1.54, 1.807) is 7.11 Å². The molecule has 104 valence electrons. The average molecular weight is 263 g/mol. The molecule has 4 heteroatoms. The van der Waals surface area contributed by atoms with Crippen molar-refractivity contribution in [1.29, 1.82) is 0 Å². The van der Waals surface area contributed by atoms with Gasteiger partial charge in [-0.25, -0.2) is 0 Å². The number of amides is 1. The van der Waals surface area contributed by atoms with Crippen LogP contribution in [0.1, 0.15) is 26.7 Å². The Labute approximate surface area is 114 Å². The Hall–Kier alpha value is -1.71. The second-order valence-corrected chi connectivity index (χ2v) is 5.14. The van der Waals surface area contributed by atoms with Crippen molar-refractivity contribution in [2.45, 2.75) is 32.3 Å². The van der Waals surface area contributed by atoms with Crippen LogP contribution >= 0.6 is 0 Å². The zero-order valence-corrected chi connectivity index (χ0v) is 11.7. The lowest BCUT2D eigenvalue weighted by molar-refractivity contribution is -0.142. The van der Waals surface area contributed by atoms with Gasteiger partial charge in [0.05, 0.1) is 7.11 Å². The summed E-state index contributed by atoms with van der Waals surface area (Å²) in [6.45, 7) is 4.84. The van der Waals surface area contributed by atoms with Crippen LogP contribution in [0.25, 0.3) is 0 Å². The first-order valence-corrected chi connectivity index (χ1v) is 6.71. The van der Waals surface area contributed by atoms with Gasteiger partial charge in [0.15, 0.2) is 5.60 Å². The lowest BCUT2D eigenvalue weighted by Gasteiger charge is -2.38. The summed E-state index contributed by atoms with van der Waals surface area (Å²) in [5.41, 5.74) is -0.744. The number of hydrogen-bond donors (Lipinski definition) is 1. The minimum Gasteiger partial charge on any atom is -0.497 e. The van der Waals surface area contributed by atoms with Gasteiger partial charge in [0, 0.05) is 13.0 Å². The minimum absolute atomic E-state index is 0.0103. The number of piperidine rings is 1. The number of benzene rings is 1. The molecule has 0 bridgehead atoms. The van der Waals surface area contributed by atoms with Crippen molar-refractivity contribution in [3.63, 3.8) is 0 Å². The van der Waals surface area contributed by atoms with Crippen molar-refractivity contribution >= 4 is 5.91 Å². The third kappa shape index (κ3) is 2.83. The fourth-order valence-electron chi connectivity index (χ4n) is 2.49. The number of carbonyl (C=O) groups is 1. The monoisotopic (exact) mass is 263 g/mol. The van der Waals surface area contributed by atoms with Crippen LogP contribution in [0, 0.1) is 5.92 Å². The molecule has 0 spiro atoms. The summed E-state index contributed by atoms with van der Waals surface area (Å²) in [6, 6.07) is 7.34. The van der Waals surface area contributed by atoms with Crippen molar-refractivity contribution in [2.75, 3.05) is 13.7 Å². The van der Waals surface area contributed by atoms with Crippen LogP contribution in [0.4, 0.5) is 0 Å². The molecular weight excluding hydrogens is 242 g/mol. The van der Waals surface area contributed by atoms with E-state index in [2.05, 4.69) is 12.2 Å². The summed E-state index contributed by atoms with van der Waals surface area (Å²) >= 11 is 0. The Kier molecular flexibility index (Phi) is 3.98. The maximum absolute atomic E-state index is 12.2. The Bertz CT molecular complexity index is 443. The zero-order chi connectivity index (χ0) is 13.9. The summed E-state index contributed by atoms with van der Waals surface area (Å²) in [6.07, 6.45) is 1.41. The van der Waals surface area contributed by atoms with Crippen molar-refractivity contribution in [1.82, 2.24) is 5.32 Å². The van der Waals surface area contributed by atoms with Crippen molar-refractivity contribution < 1.29 is 14.3 Å². The fourth-order valence-corrected chi connectivity index (χ4v) is 2.49. The van der Waals surface area contributed by atoms with Gasteiger partial charge in [-0.15, -0.1) is 0 Å². The van der Waals surface area contributed by atoms with E-state index in [-0.39, 0.29) is 5.91 Å². The quantitative estimate of drug-likeness (QED) is 0.907. The second-order valence-electron chi connectivity index (χ2n) is 5.14.